The zero-order chi connectivity index (χ0) is 107. The fraction of sp³-hybridized carbons (Fsp3) is 0.407. The van der Waals surface area contributed by atoms with Gasteiger partial charge in [-0.25, -0.2) is 4.79 Å². The number of aliphatic hydroxyl groups excluding tert-OH is 4. The summed E-state index contributed by atoms with van der Waals surface area (Å²) >= 11 is 0. The lowest BCUT2D eigenvalue weighted by atomic mass is 10.0. The number of para-hydroxylation sites is 1. The number of aliphatic hydroxyl groups is 4. The van der Waals surface area contributed by atoms with Gasteiger partial charge in [-0.3, -0.25) is 101 Å². The number of carboxylic acid groups (broad SMARTS) is 4. The Kier molecular flexibility index (Phi) is 46.4. The zero-order valence-electron chi connectivity index (χ0n) is 77.7. The SMILES string of the molecule is CC(C)[C@H](N)C(=O)N[C@@H](CC(N)=O)C(=O)NCC(=O)NCC(=O)N[C@@H](Cc1ccc(O)cc1)C(=O)N[C@@H](CO)C(=O)NCC(=O)N[C@@H](Cc1ccc(O)cc1)C(=O)N[C@@H](CCC(=O)O)C(=O)N[C@@H](Cc1ccc(O)cc1)C(=O)N[C@@H](C)C(=O)N[C@@H](Cc1c[nH]c2ccccc12)C(=O)N[C@@H](CO)C(=O)N[C@@H](CO)C(=O)N[C@@H](CCC(=O)O)C(=O)N[C@@H](CO)C(=O)N[C@@H](CC(=O)O)C(=O)N[C@@H](Cc1ccccc1)C(=O)O. The van der Waals surface area contributed by atoms with Crippen LogP contribution in [0.3, 0.4) is 0 Å². The number of nitrogens with one attached hydrogen (secondary N) is 18. The van der Waals surface area contributed by atoms with Crippen molar-refractivity contribution < 1.29 is 162 Å². The summed E-state index contributed by atoms with van der Waals surface area (Å²) in [7, 11) is 0. The van der Waals surface area contributed by atoms with Gasteiger partial charge in [-0.2, -0.15) is 0 Å². The number of amides is 18. The Bertz CT molecular complexity index is 5560. The molecule has 0 aliphatic heterocycles. The molecule has 18 amide bonds. The van der Waals surface area contributed by atoms with Crippen molar-refractivity contribution in [1.82, 2.24) is 95.4 Å². The number of hydrogen-bond acceptors (Lipinski definition) is 30. The first-order valence-electron chi connectivity index (χ1n) is 44.5. The third-order valence-electron chi connectivity index (χ3n) is 21.6. The summed E-state index contributed by atoms with van der Waals surface area (Å²) in [6, 6.07) is 2.21. The van der Waals surface area contributed by atoms with E-state index in [1.165, 1.54) is 91.1 Å². The summed E-state index contributed by atoms with van der Waals surface area (Å²) in [4.78, 5) is 298. The number of hydrogen-bond donors (Lipinski definition) is 31. The maximum atomic E-state index is 14.8. The summed E-state index contributed by atoms with van der Waals surface area (Å²) in [6.45, 7) is -3.51. The van der Waals surface area contributed by atoms with Gasteiger partial charge in [-0.05, 0) is 96.0 Å². The number of phenols is 3. The number of fused-ring (bicyclic) bond motifs is 1. The van der Waals surface area contributed by atoms with Crippen LogP contribution in [-0.4, -0.2) is 328 Å². The predicted octanol–water partition coefficient (Wildman–Crippen LogP) is -9.93. The number of aromatic nitrogens is 1. The molecule has 0 bridgehead atoms. The highest BCUT2D eigenvalue weighted by Gasteiger charge is 2.39. The van der Waals surface area contributed by atoms with E-state index in [2.05, 4.69) is 79.4 Å². The lowest BCUT2D eigenvalue weighted by molar-refractivity contribution is -0.144. The first-order valence-corrected chi connectivity index (χ1v) is 44.5. The second kappa shape index (κ2) is 57.7. The van der Waals surface area contributed by atoms with Crippen molar-refractivity contribution >= 4 is 141 Å². The second-order valence-electron chi connectivity index (χ2n) is 33.2. The van der Waals surface area contributed by atoms with Gasteiger partial charge in [0.15, 0.2) is 0 Å². The Morgan fingerprint density at radius 3 is 1.03 bits per heavy atom. The number of benzene rings is 5. The lowest BCUT2D eigenvalue weighted by Gasteiger charge is -2.27. The molecule has 15 atom stereocenters. The Morgan fingerprint density at radius 2 is 0.618 bits per heavy atom. The molecule has 0 saturated heterocycles. The van der Waals surface area contributed by atoms with Crippen LogP contribution in [0.2, 0.25) is 0 Å². The van der Waals surface area contributed by atoms with E-state index in [1.54, 1.807) is 56.3 Å². The van der Waals surface area contributed by atoms with Gasteiger partial charge in [0.2, 0.25) is 106 Å². The van der Waals surface area contributed by atoms with Gasteiger partial charge in [0.05, 0.1) is 64.9 Å². The number of aliphatic carboxylic acids is 4. The summed E-state index contributed by atoms with van der Waals surface area (Å²) in [5.41, 5.74) is 13.1. The van der Waals surface area contributed by atoms with Crippen LogP contribution in [0.4, 0.5) is 0 Å². The first-order chi connectivity index (χ1) is 68.2. The largest absolute Gasteiger partial charge is 0.508 e. The molecule has 6 rings (SSSR count). The molecule has 5 aromatic carbocycles. The number of nitrogens with two attached hydrogens (primary N) is 2. The second-order valence-corrected chi connectivity index (χ2v) is 33.2. The third kappa shape index (κ3) is 39.1. The molecule has 1 aromatic heterocycles. The van der Waals surface area contributed by atoms with E-state index in [4.69, 9.17) is 11.5 Å². The highest BCUT2D eigenvalue weighted by atomic mass is 16.4. The lowest BCUT2D eigenvalue weighted by Crippen LogP contribution is -2.62. The van der Waals surface area contributed by atoms with Gasteiger partial charge in [0, 0.05) is 62.0 Å². The van der Waals surface area contributed by atoms with E-state index < -0.39 is 325 Å². The number of carbonyl (C=O) groups is 22. The first kappa shape index (κ1) is 116. The number of phenolic OH excluding ortho intramolecular Hbond substituents is 3. The van der Waals surface area contributed by atoms with Gasteiger partial charge < -0.3 is 163 Å². The van der Waals surface area contributed by atoms with Gasteiger partial charge in [0.25, 0.3) is 0 Å². The highest BCUT2D eigenvalue weighted by molar-refractivity contribution is 6.02. The van der Waals surface area contributed by atoms with Crippen molar-refractivity contribution in [1.29, 1.82) is 0 Å². The minimum Gasteiger partial charge on any atom is -0.508 e. The topological polar surface area (TPSA) is 870 Å². The predicted molar refractivity (Wildman–Crippen MR) is 498 cm³/mol. The molecule has 0 unspecified atom stereocenters. The Morgan fingerprint density at radius 1 is 0.306 bits per heavy atom. The number of primary amides is 1. The average molecular weight is 2020 g/mol. The molecule has 53 heteroatoms. The minimum absolute atomic E-state index is 0.200. The summed E-state index contributed by atoms with van der Waals surface area (Å²) in [6.07, 6.45) is -5.88. The molecule has 778 valence electrons. The van der Waals surface area contributed by atoms with Crippen LogP contribution < -0.4 is 102 Å². The van der Waals surface area contributed by atoms with Crippen LogP contribution in [0, 0.1) is 5.92 Å². The standard InChI is InChI=1S/C91H116N20O33/c1-44(2)76(93)90(142)106-62(34-69(92)119)78(130)96-37-70(120)95-38-71(121)99-59(30-48-15-21-52(117)22-16-48)84(136)108-65(40-112)79(131)97-39-72(122)100-58(29-47-13-19-51(116)20-14-47)83(135)101-56(25-27-73(123)124)80(132)104-60(31-49-17-23-53(118)24-18-49)82(134)98-45(3)77(129)103-61(33-50-36-94-55-12-8-7-11-54(50)55)85(137)110-68(43-115)89(141)111-66(41-113)87(139)102-57(26-28-74(125)126)81(133)109-67(42-114)88(140)105-63(35-75(127)128)86(138)107-64(91(143)144)32-46-9-5-4-6-10-46/h4-24,36,44-45,56-68,76,94,112-118H,25-35,37-43,93H2,1-3H3,(H2,92,119)(H,95,120)(H,96,130)(H,97,131)(H,98,134)(H,99,121)(H,100,122)(H,101,135)(H,102,139)(H,103,129)(H,104,132)(H,105,140)(H,106,142)(H,107,138)(H,108,136)(H,109,133)(H,110,137)(H,111,141)(H,123,124)(H,125,126)(H,127,128)(H,143,144)/t45-,56-,57-,58-,59-,60-,61-,62-,63-,64-,65-,66-,67-,68-,76-/m0/s1. The molecule has 33 N–H and O–H groups in total. The molecule has 144 heavy (non-hydrogen) atoms. The van der Waals surface area contributed by atoms with E-state index in [-0.39, 0.29) is 47.1 Å². The maximum absolute atomic E-state index is 14.8. The fourth-order valence-electron chi connectivity index (χ4n) is 13.7. The monoisotopic (exact) mass is 2020 g/mol. The number of carboxylic acids is 4. The van der Waals surface area contributed by atoms with Crippen molar-refractivity contribution in [2.45, 2.75) is 182 Å². The quantitative estimate of drug-likeness (QED) is 0.0169. The molecule has 0 radical (unpaired) electrons. The van der Waals surface area contributed by atoms with Crippen molar-refractivity contribution in [3.63, 3.8) is 0 Å². The third-order valence-corrected chi connectivity index (χ3v) is 21.6. The number of aromatic amines is 1. The Hall–Kier alpha value is -16.8. The molecule has 0 saturated carbocycles. The number of aromatic hydroxyl groups is 3. The van der Waals surface area contributed by atoms with Gasteiger partial charge in [-0.15, -0.1) is 0 Å². The smallest absolute Gasteiger partial charge is 0.326 e. The van der Waals surface area contributed by atoms with Gasteiger partial charge in [-0.1, -0.05) is 98.8 Å². The molecular formula is C91H116N20O33. The van der Waals surface area contributed by atoms with Crippen molar-refractivity contribution in [3.8, 4) is 17.2 Å². The number of rotatable bonds is 60. The van der Waals surface area contributed by atoms with E-state index in [9.17, 15) is 162 Å². The van der Waals surface area contributed by atoms with Crippen LogP contribution in [-0.2, 0) is 138 Å². The number of carbonyl (C=O) groups excluding carboxylic acids is 18. The summed E-state index contributed by atoms with van der Waals surface area (Å²) in [5.74, 6) is -29.1. The molecule has 53 nitrogen and oxygen atoms in total. The van der Waals surface area contributed by atoms with E-state index in [1.807, 2.05) is 16.0 Å². The van der Waals surface area contributed by atoms with Crippen molar-refractivity contribution in [2.75, 3.05) is 46.1 Å². The normalized spacial score (nSPS) is 14.1. The fourth-order valence-corrected chi connectivity index (χ4v) is 13.7. The molecule has 0 aliphatic rings. The summed E-state index contributed by atoms with van der Waals surface area (Å²) < 4.78 is 0. The van der Waals surface area contributed by atoms with Crippen LogP contribution in [0.5, 0.6) is 17.2 Å². The highest BCUT2D eigenvalue weighted by Crippen LogP contribution is 2.22. The Balaban J connectivity index is 1.16. The van der Waals surface area contributed by atoms with E-state index in [0.29, 0.717) is 27.6 Å². The molecule has 6 aromatic rings. The van der Waals surface area contributed by atoms with Crippen LogP contribution in [0.25, 0.3) is 10.9 Å². The molecular weight excluding hydrogens is 1900 g/mol. The molecule has 1 heterocycles. The number of H-pyrrole nitrogens is 1. The van der Waals surface area contributed by atoms with Crippen LogP contribution >= 0.6 is 0 Å². The minimum atomic E-state index is -2.15. The van der Waals surface area contributed by atoms with Gasteiger partial charge >= 0.3 is 23.9 Å². The zero-order valence-corrected chi connectivity index (χ0v) is 77.7. The van der Waals surface area contributed by atoms with Crippen LogP contribution in [0.15, 0.2) is 134 Å². The van der Waals surface area contributed by atoms with E-state index >= 15 is 0 Å². The van der Waals surface area contributed by atoms with E-state index in [0.717, 1.165) is 6.92 Å². The van der Waals surface area contributed by atoms with Crippen molar-refractivity contribution in [3.05, 3.63) is 161 Å². The summed E-state index contributed by atoms with van der Waals surface area (Å²) in [5, 5.41) is 150. The van der Waals surface area contributed by atoms with Crippen molar-refractivity contribution in [2.24, 2.45) is 17.4 Å². The molecule has 0 spiro atoms. The Labute approximate surface area is 818 Å². The van der Waals surface area contributed by atoms with Gasteiger partial charge in [0.1, 0.15) is 102 Å². The van der Waals surface area contributed by atoms with Crippen LogP contribution in [0.1, 0.15) is 87.1 Å². The molecule has 0 fully saturated rings. The molecule has 0 aliphatic carbocycles. The maximum Gasteiger partial charge on any atom is 0.326 e. The average Bonchev–Trinajstić information content (AvgIpc) is 1.66.